The first-order valence-electron chi connectivity index (χ1n) is 12.3. The van der Waals surface area contributed by atoms with Crippen LogP contribution in [0.2, 0.25) is 0 Å². The van der Waals surface area contributed by atoms with E-state index in [1.807, 2.05) is 0 Å². The van der Waals surface area contributed by atoms with Crippen LogP contribution in [0.4, 0.5) is 0 Å². The average molecular weight is 404 g/mol. The second-order valence-corrected chi connectivity index (χ2v) is 9.64. The van der Waals surface area contributed by atoms with Crippen LogP contribution < -0.4 is 5.32 Å². The molecule has 2 atom stereocenters. The van der Waals surface area contributed by atoms with E-state index < -0.39 is 0 Å². The molecule has 0 aromatic carbocycles. The predicted octanol–water partition coefficient (Wildman–Crippen LogP) is 8.31. The van der Waals surface area contributed by atoms with E-state index in [1.165, 1.54) is 76.2 Å². The maximum absolute atomic E-state index is 6.45. The zero-order valence-corrected chi connectivity index (χ0v) is 19.8. The summed E-state index contributed by atoms with van der Waals surface area (Å²) in [5, 5.41) is 3.34. The number of allylic oxidation sites excluding steroid dienone is 1. The monoisotopic (exact) mass is 403 g/mol. The highest BCUT2D eigenvalue weighted by Gasteiger charge is 2.27. The maximum atomic E-state index is 6.45. The summed E-state index contributed by atoms with van der Waals surface area (Å²) in [7, 11) is 0. The van der Waals surface area contributed by atoms with Gasteiger partial charge in [0.2, 0.25) is 0 Å². The van der Waals surface area contributed by atoms with Gasteiger partial charge in [0.15, 0.2) is 0 Å². The van der Waals surface area contributed by atoms with E-state index in [1.54, 1.807) is 6.20 Å². The number of hydrogen-bond acceptors (Lipinski definition) is 2. The molecule has 0 spiro atoms. The minimum absolute atomic E-state index is 0.162. The Morgan fingerprint density at radius 1 is 1.07 bits per heavy atom. The third kappa shape index (κ3) is 12.2. The van der Waals surface area contributed by atoms with Gasteiger partial charge in [0.25, 0.3) is 0 Å². The summed E-state index contributed by atoms with van der Waals surface area (Å²) in [6, 6.07) is 0.162. The molecule has 0 radical (unpaired) electrons. The topological polar surface area (TPSA) is 21.3 Å². The summed E-state index contributed by atoms with van der Waals surface area (Å²) >= 11 is 0. The zero-order chi connectivity index (χ0) is 21.5. The smallest absolute Gasteiger partial charge is 0.111 e. The molecule has 2 heteroatoms. The molecule has 29 heavy (non-hydrogen) atoms. The van der Waals surface area contributed by atoms with Crippen LogP contribution in [-0.4, -0.2) is 12.1 Å². The Bertz CT molecular complexity index is 459. The Labute approximate surface area is 182 Å². The molecule has 0 heterocycles. The quantitative estimate of drug-likeness (QED) is 0.133. The standard InChI is InChI=1S/C27H49NO/c1-7-9-10-11-12-13-14-15-16-17-26(21-25-19-23(5)20-25)29-24(6)27(28-8-2)18-22(3)4/h8,22,25-28H,2,5-7,9-21H2,1,3-4H3. The SMILES string of the molecule is C=CNC(CC(C)C)C(=C)OC(CCCCCCCCCCC)CC1CC(=C)C1. The van der Waals surface area contributed by atoms with E-state index in [9.17, 15) is 0 Å². The van der Waals surface area contributed by atoms with Gasteiger partial charge in [-0.25, -0.2) is 0 Å². The molecular formula is C27H49NO. The van der Waals surface area contributed by atoms with Crippen molar-refractivity contribution < 1.29 is 4.74 Å². The molecule has 1 aliphatic rings. The lowest BCUT2D eigenvalue weighted by molar-refractivity contribution is 0.0635. The third-order valence-corrected chi connectivity index (χ3v) is 6.11. The second kappa shape index (κ2) is 15.6. The van der Waals surface area contributed by atoms with Crippen molar-refractivity contribution in [2.45, 2.75) is 123 Å². The zero-order valence-electron chi connectivity index (χ0n) is 19.8. The van der Waals surface area contributed by atoms with E-state index in [-0.39, 0.29) is 6.04 Å². The lowest BCUT2D eigenvalue weighted by atomic mass is 9.77. The van der Waals surface area contributed by atoms with E-state index >= 15 is 0 Å². The molecule has 1 saturated carbocycles. The largest absolute Gasteiger partial charge is 0.493 e. The number of nitrogens with one attached hydrogen (secondary N) is 1. The number of hydrogen-bond donors (Lipinski definition) is 1. The fraction of sp³-hybridized carbons (Fsp3) is 0.778. The first-order valence-corrected chi connectivity index (χ1v) is 12.3. The van der Waals surface area contributed by atoms with Gasteiger partial charge in [0, 0.05) is 0 Å². The van der Waals surface area contributed by atoms with Gasteiger partial charge in [0.05, 0.1) is 12.1 Å². The van der Waals surface area contributed by atoms with Crippen LogP contribution in [0.3, 0.4) is 0 Å². The van der Waals surface area contributed by atoms with Crippen molar-refractivity contribution in [2.24, 2.45) is 11.8 Å². The highest BCUT2D eigenvalue weighted by Crippen LogP contribution is 2.36. The van der Waals surface area contributed by atoms with Crippen molar-refractivity contribution in [2.75, 3.05) is 0 Å². The molecule has 1 rings (SSSR count). The molecular weight excluding hydrogens is 354 g/mol. The molecule has 1 fully saturated rings. The van der Waals surface area contributed by atoms with E-state index in [2.05, 4.69) is 45.8 Å². The molecule has 0 saturated heterocycles. The molecule has 0 aromatic rings. The molecule has 1 aliphatic carbocycles. The van der Waals surface area contributed by atoms with Gasteiger partial charge in [-0.15, -0.1) is 0 Å². The summed E-state index contributed by atoms with van der Waals surface area (Å²) in [5.74, 6) is 2.24. The Balaban J connectivity index is 2.37. The Morgan fingerprint density at radius 2 is 1.66 bits per heavy atom. The minimum Gasteiger partial charge on any atom is -0.493 e. The molecule has 168 valence electrons. The van der Waals surface area contributed by atoms with Gasteiger partial charge in [-0.2, -0.15) is 0 Å². The Kier molecular flexibility index (Phi) is 13.9. The molecule has 0 aliphatic heterocycles. The summed E-state index contributed by atoms with van der Waals surface area (Å²) in [6.45, 7) is 19.0. The summed E-state index contributed by atoms with van der Waals surface area (Å²) < 4.78 is 6.45. The van der Waals surface area contributed by atoms with Gasteiger partial charge >= 0.3 is 0 Å². The van der Waals surface area contributed by atoms with Crippen molar-refractivity contribution in [1.82, 2.24) is 5.32 Å². The average Bonchev–Trinajstić information content (AvgIpc) is 2.64. The summed E-state index contributed by atoms with van der Waals surface area (Å²) in [6.07, 6.45) is 20.1. The van der Waals surface area contributed by atoms with E-state index in [4.69, 9.17) is 4.74 Å². The lowest BCUT2D eigenvalue weighted by Gasteiger charge is -2.33. The Morgan fingerprint density at radius 3 is 2.17 bits per heavy atom. The van der Waals surface area contributed by atoms with Crippen LogP contribution >= 0.6 is 0 Å². The molecule has 0 aromatic heterocycles. The van der Waals surface area contributed by atoms with Gasteiger partial charge in [-0.1, -0.05) is 97.4 Å². The fourth-order valence-electron chi connectivity index (χ4n) is 4.41. The molecule has 0 bridgehead atoms. The van der Waals surface area contributed by atoms with Gasteiger partial charge < -0.3 is 10.1 Å². The minimum atomic E-state index is 0.162. The highest BCUT2D eigenvalue weighted by atomic mass is 16.5. The van der Waals surface area contributed by atoms with Crippen LogP contribution in [0.5, 0.6) is 0 Å². The van der Waals surface area contributed by atoms with Crippen molar-refractivity contribution in [3.05, 3.63) is 37.3 Å². The van der Waals surface area contributed by atoms with Crippen molar-refractivity contribution >= 4 is 0 Å². The van der Waals surface area contributed by atoms with Gasteiger partial charge in [-0.3, -0.25) is 0 Å². The Hall–Kier alpha value is -1.18. The first-order chi connectivity index (χ1) is 14.0. The first kappa shape index (κ1) is 25.9. The predicted molar refractivity (Wildman–Crippen MR) is 129 cm³/mol. The number of ether oxygens (including phenoxy) is 1. The number of rotatable bonds is 19. The van der Waals surface area contributed by atoms with E-state index in [0.717, 1.165) is 30.9 Å². The molecule has 1 N–H and O–H groups in total. The van der Waals surface area contributed by atoms with Gasteiger partial charge in [-0.05, 0) is 56.6 Å². The molecule has 0 amide bonds. The van der Waals surface area contributed by atoms with Crippen LogP contribution in [0, 0.1) is 11.8 Å². The van der Waals surface area contributed by atoms with Crippen molar-refractivity contribution in [1.29, 1.82) is 0 Å². The van der Waals surface area contributed by atoms with Crippen LogP contribution in [0.25, 0.3) is 0 Å². The third-order valence-electron chi connectivity index (χ3n) is 6.11. The van der Waals surface area contributed by atoms with E-state index in [0.29, 0.717) is 12.0 Å². The van der Waals surface area contributed by atoms with Crippen molar-refractivity contribution in [3.8, 4) is 0 Å². The summed E-state index contributed by atoms with van der Waals surface area (Å²) in [5.41, 5.74) is 1.40. The maximum Gasteiger partial charge on any atom is 0.111 e. The molecule has 2 nitrogen and oxygen atoms in total. The van der Waals surface area contributed by atoms with Crippen molar-refractivity contribution in [3.63, 3.8) is 0 Å². The lowest BCUT2D eigenvalue weighted by Crippen LogP contribution is -2.32. The van der Waals surface area contributed by atoms with Crippen LogP contribution in [0.1, 0.15) is 111 Å². The summed E-state index contributed by atoms with van der Waals surface area (Å²) in [4.78, 5) is 0. The number of unbranched alkanes of at least 4 members (excludes halogenated alkanes) is 8. The second-order valence-electron chi connectivity index (χ2n) is 9.64. The van der Waals surface area contributed by atoms with Gasteiger partial charge in [0.1, 0.15) is 5.76 Å². The normalized spacial score (nSPS) is 16.3. The highest BCUT2D eigenvalue weighted by molar-refractivity contribution is 5.08. The fourth-order valence-corrected chi connectivity index (χ4v) is 4.41. The van der Waals surface area contributed by atoms with Crippen LogP contribution in [-0.2, 0) is 4.74 Å². The van der Waals surface area contributed by atoms with Crippen LogP contribution in [0.15, 0.2) is 37.3 Å². The molecule has 2 unspecified atom stereocenters.